The van der Waals surface area contributed by atoms with Crippen LogP contribution < -0.4 is 0 Å². The molecule has 1 aliphatic rings. The van der Waals surface area contributed by atoms with Gasteiger partial charge in [-0.25, -0.2) is 0 Å². The molecule has 0 bridgehead atoms. The third-order valence-corrected chi connectivity index (χ3v) is 4.02. The van der Waals surface area contributed by atoms with E-state index in [0.717, 1.165) is 17.9 Å². The fourth-order valence-corrected chi connectivity index (χ4v) is 2.88. The Labute approximate surface area is 112 Å². The summed E-state index contributed by atoms with van der Waals surface area (Å²) in [7, 11) is 1.71. The van der Waals surface area contributed by atoms with Crippen LogP contribution >= 0.6 is 11.8 Å². The molecule has 1 rings (SSSR count). The van der Waals surface area contributed by atoms with Crippen LogP contribution in [0.4, 0.5) is 0 Å². The Morgan fingerprint density at radius 1 is 1.56 bits per heavy atom. The van der Waals surface area contributed by atoms with E-state index >= 15 is 0 Å². The first kappa shape index (κ1) is 15.7. The van der Waals surface area contributed by atoms with Crippen molar-refractivity contribution in [3.05, 3.63) is 12.7 Å². The zero-order chi connectivity index (χ0) is 13.5. The molecule has 0 aliphatic carbocycles. The fraction of sp³-hybridized carbons (Fsp3) is 0.750. The Balaban J connectivity index is 2.53. The van der Waals surface area contributed by atoms with Gasteiger partial charge in [0.15, 0.2) is 0 Å². The average Bonchev–Trinajstić information content (AvgIpc) is 2.38. The minimum atomic E-state index is -1.03. The van der Waals surface area contributed by atoms with Crippen LogP contribution in [-0.4, -0.2) is 57.8 Å². The van der Waals surface area contributed by atoms with E-state index in [1.165, 1.54) is 11.8 Å². The summed E-state index contributed by atoms with van der Waals surface area (Å²) in [4.78, 5) is 4.16. The maximum atomic E-state index is 9.70. The van der Waals surface area contributed by atoms with Crippen molar-refractivity contribution in [1.29, 1.82) is 0 Å². The van der Waals surface area contributed by atoms with Gasteiger partial charge in [-0.2, -0.15) is 0 Å². The molecule has 0 unspecified atom stereocenters. The first-order valence-electron chi connectivity index (χ1n) is 5.98. The molecule has 6 heteroatoms. The zero-order valence-corrected chi connectivity index (χ0v) is 11.3. The van der Waals surface area contributed by atoms with Crippen molar-refractivity contribution >= 4 is 16.8 Å². The highest BCUT2D eigenvalue weighted by atomic mass is 32.2. The second-order valence-corrected chi connectivity index (χ2v) is 5.38. The number of aliphatic imine (C=N–C) groups is 1. The normalized spacial score (nSPS) is 33.4. The molecule has 1 saturated heterocycles. The third kappa shape index (κ3) is 4.37. The third-order valence-electron chi connectivity index (χ3n) is 2.79. The lowest BCUT2D eigenvalue weighted by atomic mass is 10.0. The standard InChI is InChI=1S/C12H21NO4S/c1-3-4-5-10(13-2)18-11-6-8(15)12(16)9(7-14)17-11/h3,8-9,11-12,14-16H,1,4-7H2,2H3/t8-,9-,11+,12+/m1/s1. The van der Waals surface area contributed by atoms with Gasteiger partial charge in [-0.3, -0.25) is 4.99 Å². The van der Waals surface area contributed by atoms with Gasteiger partial charge in [-0.1, -0.05) is 17.8 Å². The molecule has 1 heterocycles. The van der Waals surface area contributed by atoms with Crippen LogP contribution in [0, 0.1) is 0 Å². The quantitative estimate of drug-likeness (QED) is 0.388. The molecule has 1 aliphatic heterocycles. The number of hydrogen-bond donors (Lipinski definition) is 3. The fourth-order valence-electron chi connectivity index (χ4n) is 1.74. The summed E-state index contributed by atoms with van der Waals surface area (Å²) in [6.45, 7) is 3.35. The van der Waals surface area contributed by atoms with Gasteiger partial charge in [0.1, 0.15) is 17.6 Å². The van der Waals surface area contributed by atoms with Crippen LogP contribution in [0.2, 0.25) is 0 Å². The number of ether oxygens (including phenoxy) is 1. The molecule has 1 fully saturated rings. The van der Waals surface area contributed by atoms with Crippen molar-refractivity contribution in [3.63, 3.8) is 0 Å². The Morgan fingerprint density at radius 3 is 2.83 bits per heavy atom. The van der Waals surface area contributed by atoms with Crippen LogP contribution in [0.15, 0.2) is 17.6 Å². The summed E-state index contributed by atoms with van der Waals surface area (Å²) in [5, 5.41) is 29.3. The molecule has 0 aromatic heterocycles. The van der Waals surface area contributed by atoms with Crippen LogP contribution in [0.25, 0.3) is 0 Å². The monoisotopic (exact) mass is 275 g/mol. The molecule has 0 aromatic carbocycles. The maximum Gasteiger partial charge on any atom is 0.112 e. The van der Waals surface area contributed by atoms with Crippen molar-refractivity contribution in [1.82, 2.24) is 0 Å². The zero-order valence-electron chi connectivity index (χ0n) is 10.5. The lowest BCUT2D eigenvalue weighted by Gasteiger charge is -2.36. The van der Waals surface area contributed by atoms with Gasteiger partial charge in [-0.05, 0) is 12.8 Å². The summed E-state index contributed by atoms with van der Waals surface area (Å²) in [5.41, 5.74) is -0.288. The van der Waals surface area contributed by atoms with E-state index in [9.17, 15) is 10.2 Å². The van der Waals surface area contributed by atoms with Crippen LogP contribution in [0.3, 0.4) is 0 Å². The second-order valence-electron chi connectivity index (χ2n) is 4.14. The molecule has 0 spiro atoms. The molecule has 4 atom stereocenters. The number of allylic oxidation sites excluding steroid dienone is 1. The first-order chi connectivity index (χ1) is 8.62. The minimum absolute atomic E-state index is 0.288. The van der Waals surface area contributed by atoms with Crippen molar-refractivity contribution < 1.29 is 20.1 Å². The van der Waals surface area contributed by atoms with Crippen molar-refractivity contribution in [2.75, 3.05) is 13.7 Å². The summed E-state index contributed by atoms with van der Waals surface area (Å²) < 4.78 is 5.53. The maximum absolute atomic E-state index is 9.70. The highest BCUT2D eigenvalue weighted by Crippen LogP contribution is 2.29. The Morgan fingerprint density at radius 2 is 2.28 bits per heavy atom. The van der Waals surface area contributed by atoms with E-state index in [1.807, 2.05) is 6.08 Å². The lowest BCUT2D eigenvalue weighted by molar-refractivity contribution is -0.156. The molecular formula is C12H21NO4S. The van der Waals surface area contributed by atoms with Crippen molar-refractivity contribution in [3.8, 4) is 0 Å². The van der Waals surface area contributed by atoms with E-state index in [1.54, 1.807) is 7.05 Å². The van der Waals surface area contributed by atoms with Crippen LogP contribution in [0.5, 0.6) is 0 Å². The van der Waals surface area contributed by atoms with Crippen molar-refractivity contribution in [2.24, 2.45) is 4.99 Å². The number of thioether (sulfide) groups is 1. The van der Waals surface area contributed by atoms with Gasteiger partial charge >= 0.3 is 0 Å². The predicted molar refractivity (Wildman–Crippen MR) is 72.8 cm³/mol. The van der Waals surface area contributed by atoms with E-state index < -0.39 is 18.3 Å². The highest BCUT2D eigenvalue weighted by molar-refractivity contribution is 8.14. The van der Waals surface area contributed by atoms with Gasteiger partial charge in [0, 0.05) is 13.5 Å². The predicted octanol–water partition coefficient (Wildman–Crippen LogP) is 0.543. The summed E-state index contributed by atoms with van der Waals surface area (Å²) >= 11 is 1.43. The van der Waals surface area contributed by atoms with Gasteiger partial charge in [0.2, 0.25) is 0 Å². The van der Waals surface area contributed by atoms with Gasteiger partial charge in [0.05, 0.1) is 17.8 Å². The number of aliphatic hydroxyl groups is 3. The van der Waals surface area contributed by atoms with E-state index in [-0.39, 0.29) is 12.0 Å². The SMILES string of the molecule is C=CCCC(=NC)S[C@H]1C[C@@H](O)[C@H](O)[C@@H](CO)O1. The molecule has 3 N–H and O–H groups in total. The Bertz CT molecular complexity index is 298. The molecule has 5 nitrogen and oxygen atoms in total. The topological polar surface area (TPSA) is 82.3 Å². The molecular weight excluding hydrogens is 254 g/mol. The second kappa shape index (κ2) is 7.91. The summed E-state index contributed by atoms with van der Waals surface area (Å²) in [6.07, 6.45) is 1.14. The van der Waals surface area contributed by atoms with Gasteiger partial charge in [0.25, 0.3) is 0 Å². The Hall–Kier alpha value is -0.400. The van der Waals surface area contributed by atoms with Crippen LogP contribution in [-0.2, 0) is 4.74 Å². The molecule has 0 aromatic rings. The molecule has 0 amide bonds. The Kier molecular flexibility index (Phi) is 6.88. The first-order valence-corrected chi connectivity index (χ1v) is 6.86. The van der Waals surface area contributed by atoms with Crippen LogP contribution in [0.1, 0.15) is 19.3 Å². The lowest BCUT2D eigenvalue weighted by Crippen LogP contribution is -2.49. The van der Waals surface area contributed by atoms with Crippen molar-refractivity contribution in [2.45, 2.75) is 43.0 Å². The number of hydrogen-bond acceptors (Lipinski definition) is 6. The van der Waals surface area contributed by atoms with Gasteiger partial charge < -0.3 is 20.1 Å². The smallest absolute Gasteiger partial charge is 0.112 e. The molecule has 18 heavy (non-hydrogen) atoms. The minimum Gasteiger partial charge on any atom is -0.394 e. The summed E-state index contributed by atoms with van der Waals surface area (Å²) in [6, 6.07) is 0. The van der Waals surface area contributed by atoms with E-state index in [2.05, 4.69) is 11.6 Å². The molecule has 0 saturated carbocycles. The van der Waals surface area contributed by atoms with Gasteiger partial charge in [-0.15, -0.1) is 6.58 Å². The van der Waals surface area contributed by atoms with E-state index in [0.29, 0.717) is 6.42 Å². The average molecular weight is 275 g/mol. The highest BCUT2D eigenvalue weighted by Gasteiger charge is 2.36. The number of aliphatic hydroxyl groups excluding tert-OH is 3. The number of rotatable bonds is 5. The molecule has 104 valence electrons. The van der Waals surface area contributed by atoms with E-state index in [4.69, 9.17) is 9.84 Å². The number of nitrogens with zero attached hydrogens (tertiary/aromatic N) is 1. The summed E-state index contributed by atoms with van der Waals surface area (Å²) in [5.74, 6) is 0. The largest absolute Gasteiger partial charge is 0.394 e. The molecule has 0 radical (unpaired) electrons.